The van der Waals surface area contributed by atoms with Gasteiger partial charge in [0.05, 0.1) is 18.1 Å². The molecule has 4 nitrogen and oxygen atoms in total. The third kappa shape index (κ3) is 1.23. The highest BCUT2D eigenvalue weighted by Crippen LogP contribution is 2.63. The summed E-state index contributed by atoms with van der Waals surface area (Å²) in [6.07, 6.45) is 2.65. The summed E-state index contributed by atoms with van der Waals surface area (Å²) in [7, 11) is 0. The molecule has 0 aromatic heterocycles. The Morgan fingerprint density at radius 1 is 1.32 bits per heavy atom. The SMILES string of the molecule is C=C(C)C(=O)N1C(=O)C2CC3C4CC(CC4O)C3C21. The lowest BCUT2D eigenvalue weighted by Crippen LogP contribution is -2.63. The Bertz CT molecular complexity index is 500. The Balaban J connectivity index is 1.64. The van der Waals surface area contributed by atoms with Gasteiger partial charge in [-0.25, -0.2) is 0 Å². The van der Waals surface area contributed by atoms with Crippen molar-refractivity contribution in [3.63, 3.8) is 0 Å². The van der Waals surface area contributed by atoms with Crippen LogP contribution in [0.3, 0.4) is 0 Å². The normalized spacial score (nSPS) is 49.9. The molecule has 4 aliphatic rings. The highest BCUT2D eigenvalue weighted by atomic mass is 16.3. The zero-order valence-corrected chi connectivity index (χ0v) is 11.1. The van der Waals surface area contributed by atoms with Gasteiger partial charge in [-0.15, -0.1) is 0 Å². The summed E-state index contributed by atoms with van der Waals surface area (Å²) in [4.78, 5) is 25.7. The number of aliphatic hydroxyl groups excluding tert-OH is 1. The summed E-state index contributed by atoms with van der Waals surface area (Å²) in [6.45, 7) is 5.34. The van der Waals surface area contributed by atoms with Crippen molar-refractivity contribution < 1.29 is 14.7 Å². The van der Waals surface area contributed by atoms with E-state index in [9.17, 15) is 14.7 Å². The molecular formula is C15H19NO3. The minimum atomic E-state index is -0.199. The van der Waals surface area contributed by atoms with Gasteiger partial charge in [0, 0.05) is 5.57 Å². The summed E-state index contributed by atoms with van der Waals surface area (Å²) in [5.74, 6) is 1.60. The molecule has 2 bridgehead atoms. The molecule has 2 amide bonds. The van der Waals surface area contributed by atoms with Crippen molar-refractivity contribution in [3.05, 3.63) is 12.2 Å². The van der Waals surface area contributed by atoms with Crippen molar-refractivity contribution in [2.45, 2.75) is 38.3 Å². The van der Waals surface area contributed by atoms with E-state index >= 15 is 0 Å². The third-order valence-electron chi connectivity index (χ3n) is 5.97. The zero-order valence-electron chi connectivity index (χ0n) is 11.1. The van der Waals surface area contributed by atoms with E-state index in [0.29, 0.717) is 29.2 Å². The monoisotopic (exact) mass is 261 g/mol. The quantitative estimate of drug-likeness (QED) is 0.565. The highest BCUT2D eigenvalue weighted by molar-refractivity contribution is 6.08. The smallest absolute Gasteiger partial charge is 0.255 e. The lowest BCUT2D eigenvalue weighted by atomic mass is 9.76. The first-order valence-electron chi connectivity index (χ1n) is 7.21. The Morgan fingerprint density at radius 3 is 2.74 bits per heavy atom. The minimum Gasteiger partial charge on any atom is -0.393 e. The van der Waals surface area contributed by atoms with Gasteiger partial charge in [-0.3, -0.25) is 14.5 Å². The van der Waals surface area contributed by atoms with Crippen LogP contribution in [-0.2, 0) is 9.59 Å². The largest absolute Gasteiger partial charge is 0.393 e. The van der Waals surface area contributed by atoms with E-state index in [1.165, 1.54) is 4.90 Å². The van der Waals surface area contributed by atoms with Crippen molar-refractivity contribution in [3.8, 4) is 0 Å². The fraction of sp³-hybridized carbons (Fsp3) is 0.733. The number of amides is 2. The molecule has 1 heterocycles. The molecule has 3 aliphatic carbocycles. The maximum atomic E-state index is 12.1. The van der Waals surface area contributed by atoms with Gasteiger partial charge in [-0.2, -0.15) is 0 Å². The Kier molecular flexibility index (Phi) is 2.13. The molecule has 1 aliphatic heterocycles. The first kappa shape index (κ1) is 11.6. The second-order valence-electron chi connectivity index (χ2n) is 6.83. The Labute approximate surface area is 112 Å². The number of carbonyl (C=O) groups is 2. The molecule has 1 saturated heterocycles. The fourth-order valence-corrected chi connectivity index (χ4v) is 5.35. The predicted octanol–water partition coefficient (Wildman–Crippen LogP) is 0.953. The predicted molar refractivity (Wildman–Crippen MR) is 67.8 cm³/mol. The van der Waals surface area contributed by atoms with Crippen molar-refractivity contribution >= 4 is 11.8 Å². The van der Waals surface area contributed by atoms with Gasteiger partial charge in [0.2, 0.25) is 5.91 Å². The number of nitrogens with zero attached hydrogens (tertiary/aromatic N) is 1. The van der Waals surface area contributed by atoms with Crippen LogP contribution in [0.5, 0.6) is 0 Å². The fourth-order valence-electron chi connectivity index (χ4n) is 5.35. The number of fused-ring (bicyclic) bond motifs is 7. The van der Waals surface area contributed by atoms with Crippen molar-refractivity contribution in [2.75, 3.05) is 0 Å². The molecule has 7 atom stereocenters. The van der Waals surface area contributed by atoms with E-state index in [2.05, 4.69) is 6.58 Å². The van der Waals surface area contributed by atoms with Crippen LogP contribution in [0.2, 0.25) is 0 Å². The molecule has 3 saturated carbocycles. The molecule has 0 radical (unpaired) electrons. The number of aliphatic hydroxyl groups is 1. The zero-order chi connectivity index (χ0) is 13.5. The molecule has 7 unspecified atom stereocenters. The van der Waals surface area contributed by atoms with E-state index in [1.54, 1.807) is 6.92 Å². The van der Waals surface area contributed by atoms with Crippen LogP contribution in [0.15, 0.2) is 12.2 Å². The number of hydrogen-bond donors (Lipinski definition) is 1. The van der Waals surface area contributed by atoms with Crippen LogP contribution in [0.25, 0.3) is 0 Å². The van der Waals surface area contributed by atoms with Crippen molar-refractivity contribution in [1.29, 1.82) is 0 Å². The number of likely N-dealkylation sites (tertiary alicyclic amines) is 1. The molecule has 4 heteroatoms. The average Bonchev–Trinajstić information content (AvgIpc) is 2.97. The van der Waals surface area contributed by atoms with Gasteiger partial charge < -0.3 is 5.11 Å². The van der Waals surface area contributed by atoms with Gasteiger partial charge in [-0.1, -0.05) is 6.58 Å². The van der Waals surface area contributed by atoms with E-state index in [1.807, 2.05) is 0 Å². The molecule has 4 fully saturated rings. The molecule has 1 N–H and O–H groups in total. The van der Waals surface area contributed by atoms with Crippen LogP contribution in [-0.4, -0.2) is 34.0 Å². The summed E-state index contributed by atoms with van der Waals surface area (Å²) in [5, 5.41) is 10.0. The second kappa shape index (κ2) is 3.48. The average molecular weight is 261 g/mol. The Hall–Kier alpha value is -1.16. The molecule has 102 valence electrons. The highest BCUT2D eigenvalue weighted by Gasteiger charge is 2.68. The summed E-state index contributed by atoms with van der Waals surface area (Å²) < 4.78 is 0. The first-order chi connectivity index (χ1) is 9.00. The van der Waals surface area contributed by atoms with Crippen LogP contribution in [0.1, 0.15) is 26.2 Å². The number of rotatable bonds is 1. The van der Waals surface area contributed by atoms with Crippen LogP contribution in [0, 0.1) is 29.6 Å². The van der Waals surface area contributed by atoms with Crippen molar-refractivity contribution in [1.82, 2.24) is 4.90 Å². The maximum absolute atomic E-state index is 12.1. The van der Waals surface area contributed by atoms with E-state index in [4.69, 9.17) is 0 Å². The van der Waals surface area contributed by atoms with Crippen molar-refractivity contribution in [2.24, 2.45) is 29.6 Å². The second-order valence-corrected chi connectivity index (χ2v) is 6.83. The lowest BCUT2D eigenvalue weighted by Gasteiger charge is -2.46. The third-order valence-corrected chi connectivity index (χ3v) is 5.97. The lowest BCUT2D eigenvalue weighted by molar-refractivity contribution is -0.165. The standard InChI is InChI=1S/C15H19NO3/c1-6(2)14(18)16-13-10(15(16)19)5-9-8-3-7(12(9)13)4-11(8)17/h7-13,17H,1,3-5H2,2H3. The molecule has 0 aromatic rings. The molecule has 19 heavy (non-hydrogen) atoms. The molecule has 4 rings (SSSR count). The Morgan fingerprint density at radius 2 is 2.05 bits per heavy atom. The topological polar surface area (TPSA) is 57.6 Å². The number of β-lactam (4-membered cyclic amide) rings is 1. The molecule has 0 aromatic carbocycles. The van der Waals surface area contributed by atoms with Crippen LogP contribution >= 0.6 is 0 Å². The van der Waals surface area contributed by atoms with Crippen LogP contribution in [0.4, 0.5) is 0 Å². The number of carbonyl (C=O) groups excluding carboxylic acids is 2. The molecular weight excluding hydrogens is 242 g/mol. The summed E-state index contributed by atoms with van der Waals surface area (Å²) in [6, 6.07) is 0.101. The molecule has 0 spiro atoms. The summed E-state index contributed by atoms with van der Waals surface area (Å²) >= 11 is 0. The van der Waals surface area contributed by atoms with E-state index in [-0.39, 0.29) is 29.9 Å². The van der Waals surface area contributed by atoms with Gasteiger partial charge in [0.1, 0.15) is 0 Å². The number of hydrogen-bond acceptors (Lipinski definition) is 3. The van der Waals surface area contributed by atoms with Gasteiger partial charge in [-0.05, 0) is 49.9 Å². The maximum Gasteiger partial charge on any atom is 0.255 e. The van der Waals surface area contributed by atoms with Gasteiger partial charge in [0.25, 0.3) is 5.91 Å². The minimum absolute atomic E-state index is 0.0127. The first-order valence-corrected chi connectivity index (χ1v) is 7.21. The number of imide groups is 1. The van der Waals surface area contributed by atoms with Gasteiger partial charge >= 0.3 is 0 Å². The van der Waals surface area contributed by atoms with Crippen LogP contribution < -0.4 is 0 Å². The van der Waals surface area contributed by atoms with E-state index < -0.39 is 0 Å². The van der Waals surface area contributed by atoms with Gasteiger partial charge in [0.15, 0.2) is 0 Å². The van der Waals surface area contributed by atoms with E-state index in [0.717, 1.165) is 19.3 Å². The summed E-state index contributed by atoms with van der Waals surface area (Å²) in [5.41, 5.74) is 0.443.